The fourth-order valence-corrected chi connectivity index (χ4v) is 6.45. The van der Waals surface area contributed by atoms with Gasteiger partial charge in [0.25, 0.3) is 0 Å². The van der Waals surface area contributed by atoms with E-state index in [-0.39, 0.29) is 5.54 Å². The molecule has 1 fully saturated rings. The largest absolute Gasteiger partial charge is 0.375 e. The lowest BCUT2D eigenvalue weighted by atomic mass is 9.52. The van der Waals surface area contributed by atoms with E-state index < -0.39 is 0 Å². The molecule has 1 heteroatoms. The molecular weight excluding hydrogens is 278 g/mol. The Bertz CT molecular complexity index is 755. The molecule has 1 saturated carbocycles. The minimum absolute atomic E-state index is 0.195. The third-order valence-electron chi connectivity index (χ3n) is 6.59. The van der Waals surface area contributed by atoms with E-state index in [2.05, 4.69) is 56.4 Å². The normalized spacial score (nSPS) is 40.7. The molecule has 1 aromatic carbocycles. The van der Waals surface area contributed by atoms with E-state index in [1.165, 1.54) is 43.4 Å². The first kappa shape index (κ1) is 13.9. The Labute approximate surface area is 139 Å². The molecule has 1 nitrogen and oxygen atoms in total. The van der Waals surface area contributed by atoms with Gasteiger partial charge in [-0.25, -0.2) is 0 Å². The molecule has 4 atom stereocenters. The van der Waals surface area contributed by atoms with Crippen molar-refractivity contribution in [2.45, 2.75) is 58.4 Å². The molecule has 0 amide bonds. The Kier molecular flexibility index (Phi) is 2.61. The second-order valence-corrected chi connectivity index (χ2v) is 9.13. The molecule has 0 radical (unpaired) electrons. The molecule has 0 saturated heterocycles. The number of para-hydroxylation sites is 1. The van der Waals surface area contributed by atoms with Gasteiger partial charge >= 0.3 is 0 Å². The summed E-state index contributed by atoms with van der Waals surface area (Å²) in [4.78, 5) is 0. The summed E-state index contributed by atoms with van der Waals surface area (Å²) in [6.45, 7) is 7.37. The van der Waals surface area contributed by atoms with Crippen LogP contribution in [0, 0.1) is 17.3 Å². The van der Waals surface area contributed by atoms with Crippen molar-refractivity contribution in [1.29, 1.82) is 0 Å². The fraction of sp³-hybridized carbons (Fsp3) is 0.545. The second-order valence-electron chi connectivity index (χ2n) is 9.13. The molecule has 23 heavy (non-hydrogen) atoms. The van der Waals surface area contributed by atoms with Crippen LogP contribution >= 0.6 is 0 Å². The molecule has 1 N–H and O–H groups in total. The van der Waals surface area contributed by atoms with Gasteiger partial charge in [-0.05, 0) is 72.1 Å². The molecule has 1 spiro atoms. The van der Waals surface area contributed by atoms with Crippen molar-refractivity contribution in [3.63, 3.8) is 0 Å². The lowest BCUT2D eigenvalue weighted by Crippen LogP contribution is -2.54. The zero-order chi connectivity index (χ0) is 15.8. The molecular formula is C22H27N. The van der Waals surface area contributed by atoms with Crippen molar-refractivity contribution >= 4 is 11.3 Å². The topological polar surface area (TPSA) is 12.0 Å². The lowest BCUT2D eigenvalue weighted by molar-refractivity contribution is 0.153. The zero-order valence-electron chi connectivity index (χ0n) is 14.6. The van der Waals surface area contributed by atoms with Crippen LogP contribution in [0.25, 0.3) is 5.57 Å². The Morgan fingerprint density at radius 1 is 1.04 bits per heavy atom. The van der Waals surface area contributed by atoms with Gasteiger partial charge in [0.15, 0.2) is 0 Å². The van der Waals surface area contributed by atoms with Crippen LogP contribution in [0.2, 0.25) is 0 Å². The number of hydrogen-bond acceptors (Lipinski definition) is 1. The quantitative estimate of drug-likeness (QED) is 0.638. The lowest BCUT2D eigenvalue weighted by Gasteiger charge is -2.57. The molecule has 0 aromatic heterocycles. The molecule has 4 aliphatic rings. The first-order valence-electron chi connectivity index (χ1n) is 9.31. The molecule has 5 rings (SSSR count). The molecule has 1 heterocycles. The van der Waals surface area contributed by atoms with Gasteiger partial charge in [-0.3, -0.25) is 0 Å². The van der Waals surface area contributed by atoms with Crippen molar-refractivity contribution in [2.24, 2.45) is 17.3 Å². The summed E-state index contributed by atoms with van der Waals surface area (Å²) in [6.07, 6.45) is 9.10. The zero-order valence-corrected chi connectivity index (χ0v) is 14.6. The summed E-state index contributed by atoms with van der Waals surface area (Å²) in [5.74, 6) is 1.56. The summed E-state index contributed by atoms with van der Waals surface area (Å²) in [5.41, 5.74) is 8.42. The molecule has 2 bridgehead atoms. The number of fused-ring (bicyclic) bond motifs is 3. The average Bonchev–Trinajstić information content (AvgIpc) is 2.44. The average molecular weight is 305 g/mol. The first-order chi connectivity index (χ1) is 11.0. The number of anilines is 1. The van der Waals surface area contributed by atoms with Crippen LogP contribution in [0.15, 0.2) is 41.5 Å². The number of rotatable bonds is 0. The highest BCUT2D eigenvalue weighted by atomic mass is 15.0. The van der Waals surface area contributed by atoms with Gasteiger partial charge in [0, 0.05) is 11.3 Å². The van der Waals surface area contributed by atoms with Gasteiger partial charge in [-0.1, -0.05) is 45.0 Å². The van der Waals surface area contributed by atoms with Crippen molar-refractivity contribution in [1.82, 2.24) is 0 Å². The summed E-state index contributed by atoms with van der Waals surface area (Å²) in [6, 6.07) is 9.01. The monoisotopic (exact) mass is 305 g/mol. The van der Waals surface area contributed by atoms with Crippen molar-refractivity contribution in [2.75, 3.05) is 5.32 Å². The van der Waals surface area contributed by atoms with Crippen LogP contribution in [-0.4, -0.2) is 5.54 Å². The van der Waals surface area contributed by atoms with Crippen LogP contribution in [0.4, 0.5) is 5.69 Å². The predicted molar refractivity (Wildman–Crippen MR) is 97.3 cm³/mol. The van der Waals surface area contributed by atoms with Crippen LogP contribution in [0.3, 0.4) is 0 Å². The minimum Gasteiger partial charge on any atom is -0.375 e. The van der Waals surface area contributed by atoms with E-state index in [1.807, 2.05) is 0 Å². The highest BCUT2D eigenvalue weighted by molar-refractivity contribution is 5.88. The number of hydrogen-bond donors (Lipinski definition) is 1. The molecule has 1 aliphatic heterocycles. The summed E-state index contributed by atoms with van der Waals surface area (Å²) >= 11 is 0. The smallest absolute Gasteiger partial charge is 0.0641 e. The summed E-state index contributed by atoms with van der Waals surface area (Å²) < 4.78 is 0. The highest BCUT2D eigenvalue weighted by Crippen LogP contribution is 2.61. The van der Waals surface area contributed by atoms with E-state index in [0.717, 1.165) is 11.8 Å². The molecule has 0 unspecified atom stereocenters. The minimum atomic E-state index is 0.195. The van der Waals surface area contributed by atoms with Gasteiger partial charge in [0.1, 0.15) is 0 Å². The molecule has 120 valence electrons. The maximum Gasteiger partial charge on any atom is 0.0641 e. The van der Waals surface area contributed by atoms with Gasteiger partial charge in [-0.2, -0.15) is 0 Å². The van der Waals surface area contributed by atoms with Crippen molar-refractivity contribution < 1.29 is 0 Å². The van der Waals surface area contributed by atoms with E-state index >= 15 is 0 Å². The standard InChI is InChI=1S/C22H27N/c1-14-8-16-12-21(3)10-15(2)11-22(13-21)20(16)18(9-14)17-6-4-5-7-19(17)23-22/h4-7,12,14-15,23H,8-11,13H2,1-3H3/t14-,15+,21-,22-/m1/s1. The number of benzene rings is 1. The first-order valence-corrected chi connectivity index (χ1v) is 9.31. The predicted octanol–water partition coefficient (Wildman–Crippen LogP) is 5.80. The van der Waals surface area contributed by atoms with Gasteiger partial charge in [0.05, 0.1) is 5.54 Å². The summed E-state index contributed by atoms with van der Waals surface area (Å²) in [7, 11) is 0. The third-order valence-corrected chi connectivity index (χ3v) is 6.59. The van der Waals surface area contributed by atoms with Crippen molar-refractivity contribution in [3.8, 4) is 0 Å². The van der Waals surface area contributed by atoms with Gasteiger partial charge < -0.3 is 5.32 Å². The third kappa shape index (κ3) is 1.86. The Balaban J connectivity index is 1.82. The van der Waals surface area contributed by atoms with E-state index in [0.29, 0.717) is 5.41 Å². The molecule has 3 aliphatic carbocycles. The second kappa shape index (κ2) is 4.32. The van der Waals surface area contributed by atoms with Crippen LogP contribution in [0.5, 0.6) is 0 Å². The van der Waals surface area contributed by atoms with E-state index in [9.17, 15) is 0 Å². The maximum atomic E-state index is 4.04. The van der Waals surface area contributed by atoms with Crippen LogP contribution in [0.1, 0.15) is 58.4 Å². The Morgan fingerprint density at radius 3 is 2.74 bits per heavy atom. The fourth-order valence-electron chi connectivity index (χ4n) is 6.45. The molecule has 1 aromatic rings. The van der Waals surface area contributed by atoms with Crippen LogP contribution in [-0.2, 0) is 0 Å². The maximum absolute atomic E-state index is 4.04. The van der Waals surface area contributed by atoms with E-state index in [1.54, 1.807) is 16.7 Å². The summed E-state index contributed by atoms with van der Waals surface area (Å²) in [5, 5.41) is 4.04. The van der Waals surface area contributed by atoms with Gasteiger partial charge in [0.2, 0.25) is 0 Å². The van der Waals surface area contributed by atoms with Gasteiger partial charge in [-0.15, -0.1) is 0 Å². The Morgan fingerprint density at radius 2 is 1.87 bits per heavy atom. The highest BCUT2D eigenvalue weighted by Gasteiger charge is 2.53. The van der Waals surface area contributed by atoms with Crippen LogP contribution < -0.4 is 5.32 Å². The number of nitrogens with one attached hydrogen (secondary N) is 1. The van der Waals surface area contributed by atoms with Crippen molar-refractivity contribution in [3.05, 3.63) is 47.1 Å². The number of allylic oxidation sites excluding steroid dienone is 2. The SMILES string of the molecule is C[C@@H]1CC2=C[C@@]3(C)C[C@H](C)C[C@]4(C3)Nc3ccccc3C(=C24)C1. The Hall–Kier alpha value is -1.50. The van der Waals surface area contributed by atoms with E-state index in [4.69, 9.17) is 0 Å².